The fourth-order valence-corrected chi connectivity index (χ4v) is 4.87. The van der Waals surface area contributed by atoms with Gasteiger partial charge in [0.2, 0.25) is 10.0 Å². The van der Waals surface area contributed by atoms with Gasteiger partial charge in [0.25, 0.3) is 0 Å². The van der Waals surface area contributed by atoms with E-state index in [-0.39, 0.29) is 10.9 Å². The molecule has 1 aromatic carbocycles. The maximum Gasteiger partial charge on any atom is 0.243 e. The van der Waals surface area contributed by atoms with Crippen LogP contribution in [0.3, 0.4) is 0 Å². The molecule has 0 aromatic heterocycles. The van der Waals surface area contributed by atoms with E-state index in [0.717, 1.165) is 25.7 Å². The molecule has 6 heteroatoms. The van der Waals surface area contributed by atoms with E-state index < -0.39 is 10.0 Å². The van der Waals surface area contributed by atoms with Gasteiger partial charge in [0, 0.05) is 17.1 Å². The second kappa shape index (κ2) is 6.60. The standard InChI is InChI=1S/C14H17BrClNO2S/c1-2-9-17(11-5-3-4-6-11)20(18,19)12-7-8-14(16)13(15)10-12/h2,7-8,10-11H,1,3-6,9H2. The van der Waals surface area contributed by atoms with Gasteiger partial charge in [-0.05, 0) is 47.0 Å². The molecule has 3 nitrogen and oxygen atoms in total. The van der Waals surface area contributed by atoms with Crippen LogP contribution in [0, 0.1) is 0 Å². The van der Waals surface area contributed by atoms with Crippen molar-refractivity contribution in [1.29, 1.82) is 0 Å². The smallest absolute Gasteiger partial charge is 0.207 e. The SMILES string of the molecule is C=CCN(C1CCCC1)S(=O)(=O)c1ccc(Cl)c(Br)c1. The Morgan fingerprint density at radius 1 is 1.40 bits per heavy atom. The monoisotopic (exact) mass is 377 g/mol. The first-order valence-electron chi connectivity index (χ1n) is 6.54. The number of sulfonamides is 1. The third kappa shape index (κ3) is 3.27. The zero-order valence-electron chi connectivity index (χ0n) is 11.1. The summed E-state index contributed by atoms with van der Waals surface area (Å²) in [5.41, 5.74) is 0. The molecule has 1 fully saturated rings. The molecule has 0 radical (unpaired) electrons. The van der Waals surface area contributed by atoms with Crippen LogP contribution in [0.5, 0.6) is 0 Å². The summed E-state index contributed by atoms with van der Waals surface area (Å²) in [6.07, 6.45) is 5.64. The molecule has 1 aliphatic carbocycles. The van der Waals surface area contributed by atoms with E-state index in [4.69, 9.17) is 11.6 Å². The Hall–Kier alpha value is -0.360. The molecule has 0 amide bonds. The summed E-state index contributed by atoms with van der Waals surface area (Å²) in [7, 11) is -3.51. The van der Waals surface area contributed by atoms with Crippen LogP contribution in [0.15, 0.2) is 40.2 Å². The van der Waals surface area contributed by atoms with Gasteiger partial charge in [-0.3, -0.25) is 0 Å². The fraction of sp³-hybridized carbons (Fsp3) is 0.429. The third-order valence-electron chi connectivity index (χ3n) is 3.54. The lowest BCUT2D eigenvalue weighted by atomic mass is 10.2. The Bertz CT molecular complexity index is 597. The maximum absolute atomic E-state index is 12.8. The van der Waals surface area contributed by atoms with Crippen LogP contribution in [0.25, 0.3) is 0 Å². The first-order chi connectivity index (χ1) is 9.46. The summed E-state index contributed by atoms with van der Waals surface area (Å²) in [4.78, 5) is 0.266. The molecule has 0 N–H and O–H groups in total. The average molecular weight is 379 g/mol. The summed E-state index contributed by atoms with van der Waals surface area (Å²) in [6, 6.07) is 4.78. The van der Waals surface area contributed by atoms with Gasteiger partial charge in [-0.25, -0.2) is 8.42 Å². The van der Waals surface area contributed by atoms with E-state index in [1.165, 1.54) is 0 Å². The van der Waals surface area contributed by atoms with Crippen LogP contribution in [0.4, 0.5) is 0 Å². The zero-order chi connectivity index (χ0) is 14.8. The van der Waals surface area contributed by atoms with Crippen molar-refractivity contribution in [2.45, 2.75) is 36.6 Å². The van der Waals surface area contributed by atoms with Gasteiger partial charge >= 0.3 is 0 Å². The highest BCUT2D eigenvalue weighted by molar-refractivity contribution is 9.10. The molecule has 0 aliphatic heterocycles. The largest absolute Gasteiger partial charge is 0.243 e. The molecule has 0 bridgehead atoms. The highest BCUT2D eigenvalue weighted by Crippen LogP contribution is 2.31. The quantitative estimate of drug-likeness (QED) is 0.719. The minimum atomic E-state index is -3.51. The van der Waals surface area contributed by atoms with Crippen LogP contribution >= 0.6 is 27.5 Å². The third-order valence-corrected chi connectivity index (χ3v) is 6.67. The zero-order valence-corrected chi connectivity index (χ0v) is 14.2. The first-order valence-corrected chi connectivity index (χ1v) is 9.15. The molecule has 1 saturated carbocycles. The average Bonchev–Trinajstić information content (AvgIpc) is 2.92. The van der Waals surface area contributed by atoms with E-state index in [1.807, 2.05) is 0 Å². The second-order valence-corrected chi connectivity index (χ2v) is 8.03. The molecular formula is C14H17BrClNO2S. The molecule has 20 heavy (non-hydrogen) atoms. The lowest BCUT2D eigenvalue weighted by molar-refractivity contribution is 0.347. The minimum Gasteiger partial charge on any atom is -0.207 e. The molecule has 0 spiro atoms. The predicted molar refractivity (Wildman–Crippen MR) is 85.5 cm³/mol. The van der Waals surface area contributed by atoms with E-state index in [1.54, 1.807) is 28.6 Å². The van der Waals surface area contributed by atoms with Crippen LogP contribution in [-0.4, -0.2) is 25.3 Å². The van der Waals surface area contributed by atoms with Gasteiger partial charge in [-0.15, -0.1) is 6.58 Å². The number of rotatable bonds is 5. The fourth-order valence-electron chi connectivity index (χ4n) is 2.54. The molecule has 1 aromatic rings. The summed E-state index contributed by atoms with van der Waals surface area (Å²) in [5.74, 6) is 0. The summed E-state index contributed by atoms with van der Waals surface area (Å²) >= 11 is 9.20. The molecule has 110 valence electrons. The predicted octanol–water partition coefficient (Wildman–Crippen LogP) is 4.22. The second-order valence-electron chi connectivity index (χ2n) is 4.88. The summed E-state index contributed by atoms with van der Waals surface area (Å²) in [5, 5.41) is 0.500. The van der Waals surface area contributed by atoms with Gasteiger partial charge in [0.15, 0.2) is 0 Å². The number of nitrogens with zero attached hydrogens (tertiary/aromatic N) is 1. The van der Waals surface area contributed by atoms with Crippen molar-refractivity contribution < 1.29 is 8.42 Å². The van der Waals surface area contributed by atoms with Crippen molar-refractivity contribution in [1.82, 2.24) is 4.31 Å². The number of hydrogen-bond donors (Lipinski definition) is 0. The van der Waals surface area contributed by atoms with E-state index in [9.17, 15) is 8.42 Å². The van der Waals surface area contributed by atoms with Crippen molar-refractivity contribution in [2.75, 3.05) is 6.54 Å². The topological polar surface area (TPSA) is 37.4 Å². The lowest BCUT2D eigenvalue weighted by Crippen LogP contribution is -2.38. The van der Waals surface area contributed by atoms with Gasteiger partial charge in [-0.2, -0.15) is 4.31 Å². The van der Waals surface area contributed by atoms with Crippen molar-refractivity contribution in [3.8, 4) is 0 Å². The number of halogens is 2. The van der Waals surface area contributed by atoms with Crippen LogP contribution in [-0.2, 0) is 10.0 Å². The maximum atomic E-state index is 12.8. The molecule has 0 heterocycles. The van der Waals surface area contributed by atoms with E-state index in [2.05, 4.69) is 22.5 Å². The van der Waals surface area contributed by atoms with E-state index in [0.29, 0.717) is 16.0 Å². The van der Waals surface area contributed by atoms with Crippen molar-refractivity contribution in [2.24, 2.45) is 0 Å². The van der Waals surface area contributed by atoms with Crippen molar-refractivity contribution in [3.63, 3.8) is 0 Å². The minimum absolute atomic E-state index is 0.0763. The normalized spacial score (nSPS) is 16.8. The van der Waals surface area contributed by atoms with Gasteiger partial charge in [0.05, 0.1) is 9.92 Å². The van der Waals surface area contributed by atoms with Gasteiger partial charge < -0.3 is 0 Å². The number of hydrogen-bond acceptors (Lipinski definition) is 2. The summed E-state index contributed by atoms with van der Waals surface area (Å²) in [6.45, 7) is 4.01. The van der Waals surface area contributed by atoms with Crippen LogP contribution < -0.4 is 0 Å². The van der Waals surface area contributed by atoms with Crippen molar-refractivity contribution >= 4 is 37.6 Å². The van der Waals surface area contributed by atoms with E-state index >= 15 is 0 Å². The summed E-state index contributed by atoms with van der Waals surface area (Å²) < 4.78 is 27.7. The lowest BCUT2D eigenvalue weighted by Gasteiger charge is -2.27. The number of benzene rings is 1. The Labute approximate surface area is 133 Å². The Morgan fingerprint density at radius 3 is 2.60 bits per heavy atom. The Morgan fingerprint density at radius 2 is 2.05 bits per heavy atom. The van der Waals surface area contributed by atoms with Gasteiger partial charge in [0.1, 0.15) is 0 Å². The Balaban J connectivity index is 2.38. The molecule has 0 unspecified atom stereocenters. The highest BCUT2D eigenvalue weighted by Gasteiger charge is 2.32. The highest BCUT2D eigenvalue weighted by atomic mass is 79.9. The van der Waals surface area contributed by atoms with Crippen LogP contribution in [0.2, 0.25) is 5.02 Å². The molecule has 0 saturated heterocycles. The first kappa shape index (κ1) is 16.0. The molecule has 2 rings (SSSR count). The molecule has 0 atom stereocenters. The van der Waals surface area contributed by atoms with Crippen molar-refractivity contribution in [3.05, 3.63) is 40.3 Å². The molecular weight excluding hydrogens is 362 g/mol. The van der Waals surface area contributed by atoms with Gasteiger partial charge in [-0.1, -0.05) is 30.5 Å². The Kier molecular flexibility index (Phi) is 5.29. The molecule has 1 aliphatic rings. The van der Waals surface area contributed by atoms with Crippen LogP contribution in [0.1, 0.15) is 25.7 Å².